The molecule has 1 aliphatic rings. The molecule has 0 bridgehead atoms. The fourth-order valence-corrected chi connectivity index (χ4v) is 2.95. The fourth-order valence-electron chi connectivity index (χ4n) is 2.95. The third kappa shape index (κ3) is 3.24. The van der Waals surface area contributed by atoms with Crippen molar-refractivity contribution >= 4 is 5.91 Å². The molecule has 2 aromatic rings. The number of ether oxygens (including phenoxy) is 1. The van der Waals surface area contributed by atoms with Crippen LogP contribution in [0.25, 0.3) is 0 Å². The minimum absolute atomic E-state index is 0.00960. The van der Waals surface area contributed by atoms with Crippen LogP contribution in [0.5, 0.6) is 0 Å². The van der Waals surface area contributed by atoms with Gasteiger partial charge in [0.1, 0.15) is 6.61 Å². The van der Waals surface area contributed by atoms with Gasteiger partial charge >= 0.3 is 0 Å². The molecule has 0 radical (unpaired) electrons. The Labute approximate surface area is 134 Å². The highest BCUT2D eigenvalue weighted by molar-refractivity contribution is 5.94. The molecule has 3 heterocycles. The lowest BCUT2D eigenvalue weighted by atomic mass is 9.81. The highest BCUT2D eigenvalue weighted by atomic mass is 16.5. The van der Waals surface area contributed by atoms with E-state index in [4.69, 9.17) is 9.26 Å². The first-order chi connectivity index (χ1) is 11.1. The van der Waals surface area contributed by atoms with Gasteiger partial charge in [0.15, 0.2) is 5.82 Å². The first-order valence-electron chi connectivity index (χ1n) is 7.64. The van der Waals surface area contributed by atoms with Gasteiger partial charge in [0.2, 0.25) is 0 Å². The number of carbonyl (C=O) groups is 1. The normalized spacial score (nSPS) is 21.4. The summed E-state index contributed by atoms with van der Waals surface area (Å²) in [5.41, 5.74) is 0.288. The smallest absolute Gasteiger partial charge is 0.255 e. The number of methoxy groups -OCH3 is 1. The Morgan fingerprint density at radius 3 is 3.13 bits per heavy atom. The van der Waals surface area contributed by atoms with E-state index < -0.39 is 0 Å². The number of piperidine rings is 1. The van der Waals surface area contributed by atoms with Crippen molar-refractivity contribution in [1.29, 1.82) is 0 Å². The lowest BCUT2D eigenvalue weighted by Crippen LogP contribution is -2.47. The van der Waals surface area contributed by atoms with Crippen LogP contribution in [0.3, 0.4) is 0 Å². The molecule has 1 saturated heterocycles. The lowest BCUT2D eigenvalue weighted by Gasteiger charge is -2.38. The van der Waals surface area contributed by atoms with Crippen molar-refractivity contribution in [2.24, 2.45) is 0 Å². The van der Waals surface area contributed by atoms with Crippen LogP contribution in [-0.4, -0.2) is 46.1 Å². The maximum absolute atomic E-state index is 12.6. The number of carbonyl (C=O) groups excluding carboxylic acids is 1. The average molecular weight is 316 g/mol. The molecule has 122 valence electrons. The Bertz CT molecular complexity index is 673. The number of amides is 1. The molecule has 7 heteroatoms. The van der Waals surface area contributed by atoms with E-state index in [1.165, 1.54) is 0 Å². The van der Waals surface area contributed by atoms with E-state index in [2.05, 4.69) is 22.0 Å². The number of pyridine rings is 1. The average Bonchev–Trinajstić information content (AvgIpc) is 3.05. The number of nitrogens with zero attached hydrogens (tertiary/aromatic N) is 4. The Morgan fingerprint density at radius 2 is 2.39 bits per heavy atom. The van der Waals surface area contributed by atoms with Crippen LogP contribution in [0.15, 0.2) is 29.0 Å². The molecule has 0 aromatic carbocycles. The molecule has 0 saturated carbocycles. The highest BCUT2D eigenvalue weighted by Crippen LogP contribution is 2.32. The van der Waals surface area contributed by atoms with Gasteiger partial charge in [-0.05, 0) is 25.0 Å². The second-order valence-corrected chi connectivity index (χ2v) is 6.08. The Kier molecular flexibility index (Phi) is 4.38. The van der Waals surface area contributed by atoms with Crippen LogP contribution in [0.4, 0.5) is 0 Å². The molecule has 3 rings (SSSR count). The van der Waals surface area contributed by atoms with Gasteiger partial charge in [0, 0.05) is 38.0 Å². The van der Waals surface area contributed by atoms with Crippen LogP contribution >= 0.6 is 0 Å². The zero-order valence-electron chi connectivity index (χ0n) is 13.4. The molecule has 0 spiro atoms. The molecule has 23 heavy (non-hydrogen) atoms. The summed E-state index contributed by atoms with van der Waals surface area (Å²) in [7, 11) is 1.58. The summed E-state index contributed by atoms with van der Waals surface area (Å²) < 4.78 is 10.2. The predicted octanol–water partition coefficient (Wildman–Crippen LogP) is 1.80. The summed E-state index contributed by atoms with van der Waals surface area (Å²) in [4.78, 5) is 22.9. The van der Waals surface area contributed by atoms with Gasteiger partial charge in [-0.25, -0.2) is 0 Å². The molecule has 0 N–H and O–H groups in total. The Balaban J connectivity index is 1.77. The maximum Gasteiger partial charge on any atom is 0.255 e. The van der Waals surface area contributed by atoms with Crippen molar-refractivity contribution in [2.75, 3.05) is 20.2 Å². The minimum atomic E-state index is -0.314. The van der Waals surface area contributed by atoms with Gasteiger partial charge < -0.3 is 14.2 Å². The van der Waals surface area contributed by atoms with Crippen LogP contribution in [-0.2, 0) is 16.8 Å². The summed E-state index contributed by atoms with van der Waals surface area (Å²) in [6.45, 7) is 3.65. The summed E-state index contributed by atoms with van der Waals surface area (Å²) >= 11 is 0. The van der Waals surface area contributed by atoms with Crippen molar-refractivity contribution in [3.63, 3.8) is 0 Å². The van der Waals surface area contributed by atoms with E-state index in [0.717, 1.165) is 19.4 Å². The monoisotopic (exact) mass is 316 g/mol. The topological polar surface area (TPSA) is 81.4 Å². The summed E-state index contributed by atoms with van der Waals surface area (Å²) in [5.74, 6) is 1.08. The zero-order valence-corrected chi connectivity index (χ0v) is 13.4. The number of aromatic nitrogens is 3. The molecular formula is C16H20N4O3. The summed E-state index contributed by atoms with van der Waals surface area (Å²) in [6, 6.07) is 3.55. The summed E-state index contributed by atoms with van der Waals surface area (Å²) in [5, 5.41) is 4.08. The molecule has 7 nitrogen and oxygen atoms in total. The van der Waals surface area contributed by atoms with Gasteiger partial charge in [-0.1, -0.05) is 12.1 Å². The first kappa shape index (κ1) is 15.6. The summed E-state index contributed by atoms with van der Waals surface area (Å²) in [6.07, 6.45) is 5.07. The SMILES string of the molecule is COCc1nc(C2(C)CCCN(C(=O)c3cccnc3)C2)no1. The van der Waals surface area contributed by atoms with Gasteiger partial charge in [-0.3, -0.25) is 9.78 Å². The lowest BCUT2D eigenvalue weighted by molar-refractivity contribution is 0.0641. The molecular weight excluding hydrogens is 296 g/mol. The Hall–Kier alpha value is -2.28. The van der Waals surface area contributed by atoms with E-state index >= 15 is 0 Å². The van der Waals surface area contributed by atoms with E-state index in [0.29, 0.717) is 30.4 Å². The molecule has 1 amide bonds. The predicted molar refractivity (Wildman–Crippen MR) is 81.7 cm³/mol. The first-order valence-corrected chi connectivity index (χ1v) is 7.64. The highest BCUT2D eigenvalue weighted by Gasteiger charge is 2.38. The standard InChI is InChI=1S/C16H20N4O3/c1-16(15-18-13(10-22-2)23-19-15)6-4-8-20(11-16)14(21)12-5-3-7-17-9-12/h3,5,7,9H,4,6,8,10-11H2,1-2H3. The van der Waals surface area contributed by atoms with E-state index in [1.807, 2.05) is 4.90 Å². The third-order valence-electron chi connectivity index (χ3n) is 4.17. The molecule has 1 atom stereocenters. The van der Waals surface area contributed by atoms with Crippen molar-refractivity contribution in [3.8, 4) is 0 Å². The van der Waals surface area contributed by atoms with Gasteiger partial charge in [-0.2, -0.15) is 4.98 Å². The molecule has 0 aliphatic carbocycles. The van der Waals surface area contributed by atoms with Crippen LogP contribution in [0.2, 0.25) is 0 Å². The second-order valence-electron chi connectivity index (χ2n) is 6.08. The minimum Gasteiger partial charge on any atom is -0.375 e. The van der Waals surface area contributed by atoms with Gasteiger partial charge in [0.05, 0.1) is 5.56 Å². The second kappa shape index (κ2) is 6.45. The number of hydrogen-bond donors (Lipinski definition) is 0. The number of rotatable bonds is 4. The molecule has 2 aromatic heterocycles. The van der Waals surface area contributed by atoms with Crippen LogP contribution in [0, 0.1) is 0 Å². The van der Waals surface area contributed by atoms with Gasteiger partial charge in [-0.15, -0.1) is 0 Å². The van der Waals surface area contributed by atoms with E-state index in [1.54, 1.807) is 31.6 Å². The molecule has 1 unspecified atom stereocenters. The quantitative estimate of drug-likeness (QED) is 0.855. The van der Waals surface area contributed by atoms with E-state index in [-0.39, 0.29) is 11.3 Å². The number of likely N-dealkylation sites (tertiary alicyclic amines) is 1. The zero-order chi connectivity index (χ0) is 16.3. The third-order valence-corrected chi connectivity index (χ3v) is 4.17. The van der Waals surface area contributed by atoms with Gasteiger partial charge in [0.25, 0.3) is 11.8 Å². The van der Waals surface area contributed by atoms with Crippen LogP contribution < -0.4 is 0 Å². The van der Waals surface area contributed by atoms with Crippen molar-refractivity contribution in [2.45, 2.75) is 31.8 Å². The molecule has 1 fully saturated rings. The van der Waals surface area contributed by atoms with Crippen molar-refractivity contribution in [1.82, 2.24) is 20.0 Å². The van der Waals surface area contributed by atoms with Crippen molar-refractivity contribution in [3.05, 3.63) is 41.8 Å². The number of hydrogen-bond acceptors (Lipinski definition) is 6. The van der Waals surface area contributed by atoms with E-state index in [9.17, 15) is 4.79 Å². The van der Waals surface area contributed by atoms with Crippen molar-refractivity contribution < 1.29 is 14.1 Å². The Morgan fingerprint density at radius 1 is 1.52 bits per heavy atom. The largest absolute Gasteiger partial charge is 0.375 e. The fraction of sp³-hybridized carbons (Fsp3) is 0.500. The maximum atomic E-state index is 12.6. The van der Waals surface area contributed by atoms with Crippen LogP contribution in [0.1, 0.15) is 41.8 Å². The molecule has 1 aliphatic heterocycles.